The Morgan fingerprint density at radius 1 is 1.21 bits per heavy atom. The summed E-state index contributed by atoms with van der Waals surface area (Å²) in [6.45, 7) is 8.98. The highest BCUT2D eigenvalue weighted by molar-refractivity contribution is 4.56. The van der Waals surface area contributed by atoms with Gasteiger partial charge in [0.1, 0.15) is 0 Å². The third-order valence-corrected chi connectivity index (χ3v) is 2.26. The van der Waals surface area contributed by atoms with Crippen molar-refractivity contribution in [1.29, 1.82) is 0 Å². The first-order valence-corrected chi connectivity index (χ1v) is 5.75. The molecule has 0 rings (SSSR count). The highest BCUT2D eigenvalue weighted by Gasteiger charge is 2.03. The van der Waals surface area contributed by atoms with E-state index in [-0.39, 0.29) is 0 Å². The summed E-state index contributed by atoms with van der Waals surface area (Å²) in [5.74, 6) is 0.602. The Hall–Kier alpha value is -0.0800. The van der Waals surface area contributed by atoms with Crippen molar-refractivity contribution in [2.45, 2.75) is 52.1 Å². The van der Waals surface area contributed by atoms with E-state index in [0.29, 0.717) is 12.5 Å². The van der Waals surface area contributed by atoms with Gasteiger partial charge in [0.15, 0.2) is 0 Å². The lowest BCUT2D eigenvalue weighted by molar-refractivity contribution is 0.0407. The van der Waals surface area contributed by atoms with Crippen molar-refractivity contribution in [3.63, 3.8) is 0 Å². The van der Waals surface area contributed by atoms with Gasteiger partial charge in [0.2, 0.25) is 0 Å². The van der Waals surface area contributed by atoms with E-state index in [2.05, 4.69) is 20.8 Å². The van der Waals surface area contributed by atoms with Crippen LogP contribution in [0.4, 0.5) is 0 Å². The minimum Gasteiger partial charge on any atom is -0.391 e. The molecule has 2 atom stereocenters. The van der Waals surface area contributed by atoms with Crippen LogP contribution >= 0.6 is 0 Å². The maximum atomic E-state index is 8.88. The zero-order valence-electron chi connectivity index (χ0n) is 9.67. The number of unbranched alkanes of at least 4 members (excludes halogenated alkanes) is 3. The average Bonchev–Trinajstić information content (AvgIpc) is 2.12. The molecule has 0 aliphatic carbocycles. The van der Waals surface area contributed by atoms with E-state index in [1.54, 1.807) is 0 Å². The van der Waals surface area contributed by atoms with Crippen LogP contribution in [-0.2, 0) is 4.74 Å². The zero-order chi connectivity index (χ0) is 10.8. The minimum atomic E-state index is -0.581. The van der Waals surface area contributed by atoms with Gasteiger partial charge in [0.25, 0.3) is 0 Å². The van der Waals surface area contributed by atoms with Gasteiger partial charge in [-0.3, -0.25) is 0 Å². The van der Waals surface area contributed by atoms with Gasteiger partial charge in [-0.05, 0) is 19.3 Å². The first-order valence-electron chi connectivity index (χ1n) is 5.75. The molecule has 0 aromatic carbocycles. The van der Waals surface area contributed by atoms with Crippen molar-refractivity contribution in [2.24, 2.45) is 5.92 Å². The highest BCUT2D eigenvalue weighted by atomic mass is 16.5. The van der Waals surface area contributed by atoms with Crippen molar-refractivity contribution in [3.8, 4) is 0 Å². The Morgan fingerprint density at radius 3 is 2.50 bits per heavy atom. The number of aliphatic hydroxyl groups is 1. The van der Waals surface area contributed by atoms with Crippen molar-refractivity contribution in [2.75, 3.05) is 13.2 Å². The Kier molecular flexibility index (Phi) is 9.42. The molecule has 14 heavy (non-hydrogen) atoms. The maximum absolute atomic E-state index is 8.88. The number of hydrogen-bond donors (Lipinski definition) is 1. The van der Waals surface area contributed by atoms with Gasteiger partial charge in [-0.25, -0.2) is 0 Å². The summed E-state index contributed by atoms with van der Waals surface area (Å²) in [6.07, 6.45) is 5.91. The summed E-state index contributed by atoms with van der Waals surface area (Å²) < 4.78 is 5.30. The summed E-state index contributed by atoms with van der Waals surface area (Å²) in [5.41, 5.74) is 0. The van der Waals surface area contributed by atoms with Gasteiger partial charge in [-0.15, -0.1) is 0 Å². The first kappa shape index (κ1) is 13.9. The molecule has 1 N–H and O–H groups in total. The second-order valence-corrected chi connectivity index (χ2v) is 4.15. The second kappa shape index (κ2) is 9.47. The van der Waals surface area contributed by atoms with Crippen LogP contribution in [-0.4, -0.2) is 24.4 Å². The van der Waals surface area contributed by atoms with Gasteiger partial charge in [0, 0.05) is 6.61 Å². The van der Waals surface area contributed by atoms with E-state index < -0.39 is 6.10 Å². The van der Waals surface area contributed by atoms with Crippen LogP contribution in [0.25, 0.3) is 0 Å². The van der Waals surface area contributed by atoms with Crippen LogP contribution in [0, 0.1) is 12.8 Å². The molecule has 0 amide bonds. The summed E-state index contributed by atoms with van der Waals surface area (Å²) in [4.78, 5) is 0. The number of ether oxygens (including phenoxy) is 1. The fourth-order valence-electron chi connectivity index (χ4n) is 1.41. The molecule has 0 fully saturated rings. The van der Waals surface area contributed by atoms with Gasteiger partial charge in [-0.1, -0.05) is 39.5 Å². The summed E-state index contributed by atoms with van der Waals surface area (Å²) in [6, 6.07) is 0. The van der Waals surface area contributed by atoms with Gasteiger partial charge in [-0.2, -0.15) is 0 Å². The lowest BCUT2D eigenvalue weighted by atomic mass is 10.0. The lowest BCUT2D eigenvalue weighted by Gasteiger charge is -2.12. The molecule has 0 saturated heterocycles. The van der Waals surface area contributed by atoms with Crippen molar-refractivity contribution < 1.29 is 9.84 Å². The quantitative estimate of drug-likeness (QED) is 0.581. The highest BCUT2D eigenvalue weighted by Crippen LogP contribution is 2.10. The molecule has 0 aromatic rings. The summed E-state index contributed by atoms with van der Waals surface area (Å²) in [5, 5.41) is 8.88. The van der Waals surface area contributed by atoms with Crippen LogP contribution in [0.5, 0.6) is 0 Å². The Morgan fingerprint density at radius 2 is 1.93 bits per heavy atom. The number of hydrogen-bond acceptors (Lipinski definition) is 2. The van der Waals surface area contributed by atoms with E-state index >= 15 is 0 Å². The normalized spacial score (nSPS) is 15.4. The van der Waals surface area contributed by atoms with Crippen LogP contribution in [0.1, 0.15) is 46.0 Å². The molecule has 1 radical (unpaired) electrons. The molecular formula is C12H25O2. The molecule has 0 bridgehead atoms. The molecule has 0 aliphatic heterocycles. The Bertz CT molecular complexity index is 113. The predicted molar refractivity (Wildman–Crippen MR) is 60.1 cm³/mol. The van der Waals surface area contributed by atoms with Crippen molar-refractivity contribution in [1.82, 2.24) is 0 Å². The molecule has 2 unspecified atom stereocenters. The number of aliphatic hydroxyl groups excluding tert-OH is 1. The largest absolute Gasteiger partial charge is 0.391 e. The second-order valence-electron chi connectivity index (χ2n) is 4.15. The molecule has 0 aliphatic rings. The first-order chi connectivity index (χ1) is 6.66. The topological polar surface area (TPSA) is 29.5 Å². The fraction of sp³-hybridized carbons (Fsp3) is 0.917. The molecular weight excluding hydrogens is 176 g/mol. The van der Waals surface area contributed by atoms with Crippen LogP contribution in [0.2, 0.25) is 0 Å². The molecule has 0 aromatic heterocycles. The van der Waals surface area contributed by atoms with Gasteiger partial charge < -0.3 is 9.84 Å². The maximum Gasteiger partial charge on any atom is 0.0774 e. The molecule has 2 nitrogen and oxygen atoms in total. The van der Waals surface area contributed by atoms with Gasteiger partial charge in [0.05, 0.1) is 12.7 Å². The molecule has 2 heteroatoms. The fourth-order valence-corrected chi connectivity index (χ4v) is 1.41. The zero-order valence-corrected chi connectivity index (χ0v) is 9.67. The SMILES string of the molecule is [CH2]C(O)COCC(C)CCCCCC. The Labute approximate surface area is 88.7 Å². The van der Waals surface area contributed by atoms with E-state index in [1.165, 1.54) is 32.1 Å². The van der Waals surface area contributed by atoms with E-state index in [0.717, 1.165) is 6.61 Å². The third-order valence-electron chi connectivity index (χ3n) is 2.26. The Balaban J connectivity index is 3.15. The van der Waals surface area contributed by atoms with Crippen LogP contribution in [0.3, 0.4) is 0 Å². The van der Waals surface area contributed by atoms with Crippen LogP contribution < -0.4 is 0 Å². The monoisotopic (exact) mass is 201 g/mol. The molecule has 0 spiro atoms. The standard InChI is InChI=1S/C12H25O2/c1-4-5-6-7-8-11(2)9-14-10-12(3)13/h11-13H,3-10H2,1-2H3. The van der Waals surface area contributed by atoms with Crippen molar-refractivity contribution in [3.05, 3.63) is 6.92 Å². The number of rotatable bonds is 9. The summed E-state index contributed by atoms with van der Waals surface area (Å²) >= 11 is 0. The van der Waals surface area contributed by atoms with Crippen molar-refractivity contribution >= 4 is 0 Å². The lowest BCUT2D eigenvalue weighted by Crippen LogP contribution is -2.14. The summed E-state index contributed by atoms with van der Waals surface area (Å²) in [7, 11) is 0. The van der Waals surface area contributed by atoms with Gasteiger partial charge >= 0.3 is 0 Å². The predicted octanol–water partition coefficient (Wildman–Crippen LogP) is 2.80. The van der Waals surface area contributed by atoms with E-state index in [1.807, 2.05) is 0 Å². The molecule has 0 saturated carbocycles. The van der Waals surface area contributed by atoms with E-state index in [4.69, 9.17) is 9.84 Å². The van der Waals surface area contributed by atoms with Crippen LogP contribution in [0.15, 0.2) is 0 Å². The minimum absolute atomic E-state index is 0.360. The average molecular weight is 201 g/mol. The smallest absolute Gasteiger partial charge is 0.0774 e. The molecule has 0 heterocycles. The third kappa shape index (κ3) is 10.0. The molecule has 85 valence electrons. The van der Waals surface area contributed by atoms with E-state index in [9.17, 15) is 0 Å².